The van der Waals surface area contributed by atoms with Gasteiger partial charge in [0.25, 0.3) is 11.6 Å². The number of amides is 1. The second kappa shape index (κ2) is 6.92. The predicted molar refractivity (Wildman–Crippen MR) is 85.2 cm³/mol. The van der Waals surface area contributed by atoms with Gasteiger partial charge in [0.05, 0.1) is 16.5 Å². The van der Waals surface area contributed by atoms with Gasteiger partial charge < -0.3 is 5.32 Å². The second-order valence-electron chi connectivity index (χ2n) is 5.52. The highest BCUT2D eigenvalue weighted by molar-refractivity contribution is 5.96. The maximum atomic E-state index is 12.6. The molecule has 1 amide bonds. The van der Waals surface area contributed by atoms with Crippen molar-refractivity contribution in [1.29, 1.82) is 0 Å². The molecule has 1 N–H and O–H groups in total. The number of carbonyl (C=O) groups is 1. The van der Waals surface area contributed by atoms with Crippen LogP contribution in [0.25, 0.3) is 0 Å². The van der Waals surface area contributed by atoms with Gasteiger partial charge in [0.1, 0.15) is 0 Å². The first kappa shape index (κ1) is 18.4. The molecule has 2 rings (SSSR count). The molecule has 0 radical (unpaired) electrons. The average Bonchev–Trinajstić information content (AvgIpc) is 2.53. The van der Waals surface area contributed by atoms with E-state index in [0.29, 0.717) is 5.56 Å². The van der Waals surface area contributed by atoms with Crippen LogP contribution in [0, 0.1) is 17.0 Å². The number of rotatable bonds is 4. The number of halogens is 3. The van der Waals surface area contributed by atoms with Gasteiger partial charge in [-0.25, -0.2) is 0 Å². The van der Waals surface area contributed by atoms with Crippen molar-refractivity contribution >= 4 is 11.6 Å². The van der Waals surface area contributed by atoms with E-state index >= 15 is 0 Å². The van der Waals surface area contributed by atoms with E-state index in [2.05, 4.69) is 5.32 Å². The Kier molecular flexibility index (Phi) is 5.10. The van der Waals surface area contributed by atoms with Gasteiger partial charge in [-0.1, -0.05) is 18.2 Å². The van der Waals surface area contributed by atoms with E-state index in [-0.39, 0.29) is 16.8 Å². The Morgan fingerprint density at radius 2 is 1.76 bits per heavy atom. The van der Waals surface area contributed by atoms with Gasteiger partial charge >= 0.3 is 6.18 Å². The quantitative estimate of drug-likeness (QED) is 0.654. The molecule has 0 aliphatic heterocycles. The molecule has 0 aromatic heterocycles. The molecule has 2 aromatic rings. The minimum Gasteiger partial charge on any atom is -0.346 e. The molecule has 25 heavy (non-hydrogen) atoms. The van der Waals surface area contributed by atoms with Gasteiger partial charge in [-0.15, -0.1) is 0 Å². The summed E-state index contributed by atoms with van der Waals surface area (Å²) in [5, 5.41) is 13.6. The summed E-state index contributed by atoms with van der Waals surface area (Å²) in [6.45, 7) is 3.09. The summed E-state index contributed by atoms with van der Waals surface area (Å²) < 4.78 is 37.7. The summed E-state index contributed by atoms with van der Waals surface area (Å²) in [7, 11) is 0. The van der Waals surface area contributed by atoms with Crippen LogP contribution < -0.4 is 5.32 Å². The molecular formula is C17H15F3N2O3. The van der Waals surface area contributed by atoms with E-state index in [4.69, 9.17) is 0 Å². The Labute approximate surface area is 141 Å². The number of nitro benzene ring substituents is 1. The first-order valence-electron chi connectivity index (χ1n) is 7.33. The molecule has 0 aliphatic rings. The van der Waals surface area contributed by atoms with Crippen LogP contribution in [-0.2, 0) is 6.18 Å². The number of benzene rings is 2. The highest BCUT2D eigenvalue weighted by Gasteiger charge is 2.30. The van der Waals surface area contributed by atoms with Crippen molar-refractivity contribution in [2.45, 2.75) is 26.1 Å². The van der Waals surface area contributed by atoms with Crippen molar-refractivity contribution in [2.75, 3.05) is 0 Å². The van der Waals surface area contributed by atoms with Gasteiger partial charge in [-0.2, -0.15) is 13.2 Å². The molecule has 0 unspecified atom stereocenters. The Morgan fingerprint density at radius 1 is 1.16 bits per heavy atom. The van der Waals surface area contributed by atoms with Crippen LogP contribution in [0.15, 0.2) is 42.5 Å². The maximum Gasteiger partial charge on any atom is 0.416 e. The van der Waals surface area contributed by atoms with E-state index < -0.39 is 28.6 Å². The van der Waals surface area contributed by atoms with Crippen LogP contribution in [0.4, 0.5) is 18.9 Å². The molecule has 0 heterocycles. The summed E-state index contributed by atoms with van der Waals surface area (Å²) in [4.78, 5) is 22.7. The van der Waals surface area contributed by atoms with E-state index in [9.17, 15) is 28.1 Å². The monoisotopic (exact) mass is 352 g/mol. The number of alkyl halides is 3. The fourth-order valence-corrected chi connectivity index (χ4v) is 2.39. The third kappa shape index (κ3) is 4.14. The fourth-order valence-electron chi connectivity index (χ4n) is 2.39. The summed E-state index contributed by atoms with van der Waals surface area (Å²) in [5.74, 6) is -0.534. The molecule has 0 bridgehead atoms. The number of nitrogens with one attached hydrogen (secondary N) is 1. The molecule has 0 spiro atoms. The van der Waals surface area contributed by atoms with Crippen molar-refractivity contribution < 1.29 is 22.9 Å². The van der Waals surface area contributed by atoms with Crippen molar-refractivity contribution in [1.82, 2.24) is 5.32 Å². The van der Waals surface area contributed by atoms with Gasteiger partial charge in [0.2, 0.25) is 0 Å². The Balaban J connectivity index is 2.18. The average molecular weight is 352 g/mol. The summed E-state index contributed by atoms with van der Waals surface area (Å²) >= 11 is 0. The van der Waals surface area contributed by atoms with E-state index in [1.807, 2.05) is 0 Å². The van der Waals surface area contributed by atoms with Gasteiger partial charge in [-0.3, -0.25) is 14.9 Å². The molecule has 0 fully saturated rings. The minimum absolute atomic E-state index is 0.146. The molecule has 5 nitrogen and oxygen atoms in total. The molecular weight excluding hydrogens is 337 g/mol. The zero-order valence-corrected chi connectivity index (χ0v) is 13.4. The first-order chi connectivity index (χ1) is 11.6. The van der Waals surface area contributed by atoms with Crippen LogP contribution >= 0.6 is 0 Å². The predicted octanol–water partition coefficient (Wildman–Crippen LogP) is 4.41. The summed E-state index contributed by atoms with van der Waals surface area (Å²) in [6.07, 6.45) is -4.43. The van der Waals surface area contributed by atoms with Crippen LogP contribution in [0.3, 0.4) is 0 Å². The molecule has 0 saturated carbocycles. The largest absolute Gasteiger partial charge is 0.416 e. The van der Waals surface area contributed by atoms with Crippen LogP contribution in [0.2, 0.25) is 0 Å². The first-order valence-corrected chi connectivity index (χ1v) is 7.33. The summed E-state index contributed by atoms with van der Waals surface area (Å²) in [6, 6.07) is 8.05. The maximum absolute atomic E-state index is 12.6. The van der Waals surface area contributed by atoms with Crippen LogP contribution in [0.5, 0.6) is 0 Å². The number of nitrogens with zero attached hydrogens (tertiary/aromatic N) is 1. The number of carbonyl (C=O) groups excluding carboxylic acids is 1. The van der Waals surface area contributed by atoms with Crippen LogP contribution in [-0.4, -0.2) is 10.8 Å². The smallest absolute Gasteiger partial charge is 0.346 e. The lowest BCUT2D eigenvalue weighted by Crippen LogP contribution is -2.27. The highest BCUT2D eigenvalue weighted by Crippen LogP contribution is 2.30. The Morgan fingerprint density at radius 3 is 2.28 bits per heavy atom. The summed E-state index contributed by atoms with van der Waals surface area (Å²) in [5.41, 5.74) is -0.0823. The van der Waals surface area contributed by atoms with E-state index in [0.717, 1.165) is 12.1 Å². The van der Waals surface area contributed by atoms with Crippen LogP contribution in [0.1, 0.15) is 40.0 Å². The zero-order valence-electron chi connectivity index (χ0n) is 13.4. The zero-order chi connectivity index (χ0) is 18.8. The third-order valence-electron chi connectivity index (χ3n) is 3.83. The lowest BCUT2D eigenvalue weighted by atomic mass is 10.0. The number of hydrogen-bond acceptors (Lipinski definition) is 3. The van der Waals surface area contributed by atoms with Crippen molar-refractivity contribution in [3.05, 3.63) is 74.8 Å². The van der Waals surface area contributed by atoms with E-state index in [1.54, 1.807) is 6.92 Å². The molecule has 0 aliphatic carbocycles. The SMILES string of the molecule is Cc1c(C(=O)N[C@@H](C)c2ccc(C(F)(F)F)cc2)cccc1[N+](=O)[O-]. The molecule has 1 atom stereocenters. The molecule has 8 heteroatoms. The van der Waals surface area contributed by atoms with Crippen molar-refractivity contribution in [3.8, 4) is 0 Å². The second-order valence-corrected chi connectivity index (χ2v) is 5.52. The Hall–Kier alpha value is -2.90. The minimum atomic E-state index is -4.43. The number of hydrogen-bond donors (Lipinski definition) is 1. The van der Waals surface area contributed by atoms with Crippen molar-refractivity contribution in [3.63, 3.8) is 0 Å². The molecule has 132 valence electrons. The topological polar surface area (TPSA) is 72.2 Å². The molecule has 2 aromatic carbocycles. The van der Waals surface area contributed by atoms with E-state index in [1.165, 1.54) is 37.3 Å². The highest BCUT2D eigenvalue weighted by atomic mass is 19.4. The Bertz CT molecular complexity index is 802. The molecule has 0 saturated heterocycles. The van der Waals surface area contributed by atoms with Crippen molar-refractivity contribution in [2.24, 2.45) is 0 Å². The standard InChI is InChI=1S/C17H15F3N2O3/c1-10-14(4-3-5-15(10)22(24)25)16(23)21-11(2)12-6-8-13(9-7-12)17(18,19)20/h3-9,11H,1-2H3,(H,21,23)/t11-/m0/s1. The normalized spacial score (nSPS) is 12.5. The lowest BCUT2D eigenvalue weighted by molar-refractivity contribution is -0.385. The van der Waals surface area contributed by atoms with Gasteiger partial charge in [0.15, 0.2) is 0 Å². The number of nitro groups is 1. The van der Waals surface area contributed by atoms with Gasteiger partial charge in [0, 0.05) is 17.2 Å². The lowest BCUT2D eigenvalue weighted by Gasteiger charge is -2.16. The van der Waals surface area contributed by atoms with Gasteiger partial charge in [-0.05, 0) is 37.6 Å². The third-order valence-corrected chi connectivity index (χ3v) is 3.83. The fraction of sp³-hybridized carbons (Fsp3) is 0.235.